The predicted molar refractivity (Wildman–Crippen MR) is 204 cm³/mol. The van der Waals surface area contributed by atoms with Gasteiger partial charge in [0.15, 0.2) is 0 Å². The van der Waals surface area contributed by atoms with Crippen molar-refractivity contribution in [2.24, 2.45) is 0 Å². The van der Waals surface area contributed by atoms with E-state index in [9.17, 15) is 0 Å². The van der Waals surface area contributed by atoms with Gasteiger partial charge in [0, 0.05) is 44.2 Å². The average molecular weight is 641 g/mol. The molecule has 0 aliphatic carbocycles. The van der Waals surface area contributed by atoms with E-state index in [1.807, 2.05) is 0 Å². The molecule has 8 rings (SSSR count). The van der Waals surface area contributed by atoms with Crippen LogP contribution in [0, 0.1) is 20.8 Å². The summed E-state index contributed by atoms with van der Waals surface area (Å²) in [6.07, 6.45) is 0.920. The molecule has 0 spiro atoms. The van der Waals surface area contributed by atoms with Crippen molar-refractivity contribution in [1.29, 1.82) is 0 Å². The molecule has 2 nitrogen and oxygen atoms in total. The highest BCUT2D eigenvalue weighted by molar-refractivity contribution is 5.87. The highest BCUT2D eigenvalue weighted by Crippen LogP contribution is 2.54. The molecule has 0 amide bonds. The van der Waals surface area contributed by atoms with Crippen LogP contribution >= 0.6 is 0 Å². The number of ether oxygens (including phenoxy) is 2. The SMILES string of the molecule is CCc1ccc2c(c1-c1ccc(C)c(-c3cc(-c4c(C)ccc5c4Oc4ccccc4C5(C)C)ccc3C)c1)Oc1ccccc1C2(C)C. The normalized spacial score (nSPS) is 14.9. The minimum atomic E-state index is -0.173. The summed E-state index contributed by atoms with van der Waals surface area (Å²) in [5.74, 6) is 3.83. The molecule has 0 unspecified atom stereocenters. The van der Waals surface area contributed by atoms with Crippen LogP contribution < -0.4 is 9.47 Å². The first-order valence-corrected chi connectivity index (χ1v) is 17.6. The third-order valence-corrected chi connectivity index (χ3v) is 11.2. The quantitative estimate of drug-likeness (QED) is 0.191. The molecule has 0 aromatic heterocycles. The Morgan fingerprint density at radius 3 is 1.45 bits per heavy atom. The van der Waals surface area contributed by atoms with E-state index in [-0.39, 0.29) is 10.8 Å². The number of hydrogen-bond acceptors (Lipinski definition) is 2. The van der Waals surface area contributed by atoms with Crippen molar-refractivity contribution in [3.05, 3.63) is 154 Å². The van der Waals surface area contributed by atoms with Gasteiger partial charge in [-0.25, -0.2) is 0 Å². The van der Waals surface area contributed by atoms with E-state index in [4.69, 9.17) is 9.47 Å². The Bertz CT molecular complexity index is 2300. The Balaban J connectivity index is 1.29. The Labute approximate surface area is 291 Å². The molecule has 6 aromatic rings. The number of fused-ring (bicyclic) bond motifs is 4. The first kappa shape index (κ1) is 31.2. The minimum Gasteiger partial charge on any atom is -0.456 e. The van der Waals surface area contributed by atoms with Gasteiger partial charge in [-0.2, -0.15) is 0 Å². The summed E-state index contributed by atoms with van der Waals surface area (Å²) in [6.45, 7) is 18.1. The lowest BCUT2D eigenvalue weighted by molar-refractivity contribution is 0.419. The fraction of sp³-hybridized carbons (Fsp3) is 0.234. The second kappa shape index (κ2) is 11.2. The maximum atomic E-state index is 6.81. The zero-order valence-electron chi connectivity index (χ0n) is 29.9. The highest BCUT2D eigenvalue weighted by Gasteiger charge is 2.37. The Morgan fingerprint density at radius 1 is 0.469 bits per heavy atom. The van der Waals surface area contributed by atoms with Crippen molar-refractivity contribution in [3.63, 3.8) is 0 Å². The topological polar surface area (TPSA) is 18.5 Å². The molecule has 0 atom stereocenters. The summed E-state index contributed by atoms with van der Waals surface area (Å²) in [5, 5.41) is 0. The number of aryl methyl sites for hydroxylation is 4. The molecule has 2 heteroatoms. The summed E-state index contributed by atoms with van der Waals surface area (Å²) in [4.78, 5) is 0. The van der Waals surface area contributed by atoms with E-state index in [1.54, 1.807) is 0 Å². The summed E-state index contributed by atoms with van der Waals surface area (Å²) in [5.41, 5.74) is 16.7. The Hall–Kier alpha value is -5.08. The fourth-order valence-electron chi connectivity index (χ4n) is 8.26. The fourth-order valence-corrected chi connectivity index (χ4v) is 8.26. The third kappa shape index (κ3) is 4.76. The largest absolute Gasteiger partial charge is 0.456 e. The second-order valence-corrected chi connectivity index (χ2v) is 15.0. The molecule has 2 aliphatic heterocycles. The molecule has 0 N–H and O–H groups in total. The van der Waals surface area contributed by atoms with Crippen LogP contribution in [-0.2, 0) is 17.3 Å². The van der Waals surface area contributed by atoms with Crippen molar-refractivity contribution < 1.29 is 9.47 Å². The smallest absolute Gasteiger partial charge is 0.139 e. The minimum absolute atomic E-state index is 0.173. The van der Waals surface area contributed by atoms with Crippen LogP contribution in [0.2, 0.25) is 0 Å². The number of hydrogen-bond donors (Lipinski definition) is 0. The highest BCUT2D eigenvalue weighted by atomic mass is 16.5. The zero-order valence-corrected chi connectivity index (χ0v) is 29.9. The van der Waals surface area contributed by atoms with Crippen LogP contribution in [0.15, 0.2) is 109 Å². The van der Waals surface area contributed by atoms with Crippen molar-refractivity contribution in [3.8, 4) is 56.4 Å². The lowest BCUT2D eigenvalue weighted by atomic mass is 9.74. The van der Waals surface area contributed by atoms with Gasteiger partial charge in [-0.3, -0.25) is 0 Å². The molecule has 0 saturated heterocycles. The lowest BCUT2D eigenvalue weighted by Gasteiger charge is -2.36. The zero-order chi connectivity index (χ0) is 34.2. The molecule has 0 bridgehead atoms. The monoisotopic (exact) mass is 640 g/mol. The second-order valence-electron chi connectivity index (χ2n) is 15.0. The summed E-state index contributed by atoms with van der Waals surface area (Å²) < 4.78 is 13.6. The molecule has 2 heterocycles. The van der Waals surface area contributed by atoms with Gasteiger partial charge in [0.2, 0.25) is 0 Å². The number of para-hydroxylation sites is 2. The summed E-state index contributed by atoms with van der Waals surface area (Å²) in [6, 6.07) is 39.8. The Morgan fingerprint density at radius 2 is 0.918 bits per heavy atom. The van der Waals surface area contributed by atoms with Crippen LogP contribution in [0.1, 0.15) is 79.1 Å². The van der Waals surface area contributed by atoms with Crippen molar-refractivity contribution in [2.45, 2.75) is 72.6 Å². The first-order valence-electron chi connectivity index (χ1n) is 17.6. The van der Waals surface area contributed by atoms with Crippen LogP contribution in [0.4, 0.5) is 0 Å². The molecule has 2 aliphatic rings. The van der Waals surface area contributed by atoms with Gasteiger partial charge in [-0.1, -0.05) is 120 Å². The molecule has 0 saturated carbocycles. The molecule has 6 aromatic carbocycles. The van der Waals surface area contributed by atoms with Gasteiger partial charge < -0.3 is 9.47 Å². The van der Waals surface area contributed by atoms with Gasteiger partial charge in [-0.15, -0.1) is 0 Å². The van der Waals surface area contributed by atoms with Crippen molar-refractivity contribution in [1.82, 2.24) is 0 Å². The van der Waals surface area contributed by atoms with Crippen molar-refractivity contribution in [2.75, 3.05) is 0 Å². The van der Waals surface area contributed by atoms with E-state index in [1.165, 1.54) is 72.3 Å². The number of rotatable bonds is 4. The predicted octanol–water partition coefficient (Wildman–Crippen LogP) is 13.0. The van der Waals surface area contributed by atoms with Crippen LogP contribution in [0.3, 0.4) is 0 Å². The standard InChI is InChI=1S/C47H44O2/c1-9-31-23-25-39-45(49-41-17-13-11-15-37(41)47(39,7)8)43(31)33-22-19-29(3)35(27-33)34-26-32(21-18-28(34)2)42-30(4)20-24-38-44(42)48-40-16-12-10-14-36(40)46(38,5)6/h10-27H,9H2,1-8H3. The van der Waals surface area contributed by atoms with E-state index in [0.29, 0.717) is 0 Å². The van der Waals surface area contributed by atoms with Gasteiger partial charge in [0.05, 0.1) is 0 Å². The van der Waals surface area contributed by atoms with E-state index in [0.717, 1.165) is 35.0 Å². The first-order chi connectivity index (χ1) is 23.5. The molecule has 0 radical (unpaired) electrons. The lowest BCUT2D eigenvalue weighted by Crippen LogP contribution is -2.24. The molecule has 0 fully saturated rings. The maximum absolute atomic E-state index is 6.81. The summed E-state index contributed by atoms with van der Waals surface area (Å²) >= 11 is 0. The molecular weight excluding hydrogens is 597 g/mol. The maximum Gasteiger partial charge on any atom is 0.139 e. The molecule has 244 valence electrons. The molecule has 49 heavy (non-hydrogen) atoms. The van der Waals surface area contributed by atoms with E-state index < -0.39 is 0 Å². The van der Waals surface area contributed by atoms with E-state index >= 15 is 0 Å². The molecular formula is C47H44O2. The van der Waals surface area contributed by atoms with Gasteiger partial charge in [-0.05, 0) is 96.0 Å². The Kier molecular flexibility index (Phi) is 7.16. The van der Waals surface area contributed by atoms with Crippen molar-refractivity contribution >= 4 is 0 Å². The average Bonchev–Trinajstić information content (AvgIpc) is 3.09. The number of benzene rings is 6. The summed E-state index contributed by atoms with van der Waals surface area (Å²) in [7, 11) is 0. The third-order valence-electron chi connectivity index (χ3n) is 11.2. The van der Waals surface area contributed by atoms with Gasteiger partial charge in [0.1, 0.15) is 23.0 Å². The van der Waals surface area contributed by atoms with Crippen LogP contribution in [-0.4, -0.2) is 0 Å². The van der Waals surface area contributed by atoms with E-state index in [2.05, 4.69) is 165 Å². The van der Waals surface area contributed by atoms with Gasteiger partial charge in [0.25, 0.3) is 0 Å². The van der Waals surface area contributed by atoms with Crippen LogP contribution in [0.25, 0.3) is 33.4 Å². The van der Waals surface area contributed by atoms with Gasteiger partial charge >= 0.3 is 0 Å². The van der Waals surface area contributed by atoms with Crippen LogP contribution in [0.5, 0.6) is 23.0 Å².